The quantitative estimate of drug-likeness (QED) is 0.279. The lowest BCUT2D eigenvalue weighted by Gasteiger charge is -2.10. The summed E-state index contributed by atoms with van der Waals surface area (Å²) in [6.45, 7) is 2.94. The molecule has 2 aromatic rings. The standard InChI is InChI=1S/C24H30N2O3S/c1-3-4-5-6-7-18-29-22-15-11-20(12-16-22)25-24(30)26-23(27)17-10-19-8-13-21(28-2)14-9-19/h8-17H,3-7,18H2,1-2H3,(H2,25,26,27,30). The molecule has 6 heteroatoms. The van der Waals surface area contributed by atoms with Crippen LogP contribution in [0.15, 0.2) is 54.6 Å². The zero-order valence-electron chi connectivity index (χ0n) is 17.6. The second-order valence-corrected chi connectivity index (χ2v) is 7.25. The van der Waals surface area contributed by atoms with Crippen LogP contribution >= 0.6 is 12.2 Å². The van der Waals surface area contributed by atoms with Gasteiger partial charge in [0.05, 0.1) is 13.7 Å². The molecule has 0 spiro atoms. The minimum atomic E-state index is -0.300. The number of unbranched alkanes of at least 4 members (excludes halogenated alkanes) is 4. The number of benzene rings is 2. The minimum absolute atomic E-state index is 0.240. The summed E-state index contributed by atoms with van der Waals surface area (Å²) < 4.78 is 10.9. The molecule has 0 atom stereocenters. The highest BCUT2D eigenvalue weighted by atomic mass is 32.1. The molecule has 0 radical (unpaired) electrons. The normalized spacial score (nSPS) is 10.6. The predicted molar refractivity (Wildman–Crippen MR) is 127 cm³/mol. The van der Waals surface area contributed by atoms with Gasteiger partial charge in [-0.2, -0.15) is 0 Å². The van der Waals surface area contributed by atoms with Crippen LogP contribution in [0.1, 0.15) is 44.6 Å². The fourth-order valence-corrected chi connectivity index (χ4v) is 2.95. The van der Waals surface area contributed by atoms with Crippen molar-refractivity contribution in [1.82, 2.24) is 5.32 Å². The van der Waals surface area contributed by atoms with E-state index < -0.39 is 0 Å². The van der Waals surface area contributed by atoms with Crippen molar-refractivity contribution in [3.05, 3.63) is 60.2 Å². The summed E-state index contributed by atoms with van der Waals surface area (Å²) in [6, 6.07) is 14.9. The first-order chi connectivity index (χ1) is 14.6. The zero-order chi connectivity index (χ0) is 21.6. The van der Waals surface area contributed by atoms with Crippen molar-refractivity contribution in [2.75, 3.05) is 19.0 Å². The molecule has 30 heavy (non-hydrogen) atoms. The molecule has 0 aliphatic rings. The number of hydrogen-bond donors (Lipinski definition) is 2. The third-order valence-corrected chi connectivity index (χ3v) is 4.61. The third kappa shape index (κ3) is 9.09. The van der Waals surface area contributed by atoms with E-state index in [4.69, 9.17) is 21.7 Å². The van der Waals surface area contributed by atoms with Gasteiger partial charge in [-0.1, -0.05) is 44.7 Å². The highest BCUT2D eigenvalue weighted by Gasteiger charge is 2.02. The molecule has 5 nitrogen and oxygen atoms in total. The molecular weight excluding hydrogens is 396 g/mol. The van der Waals surface area contributed by atoms with Crippen LogP contribution in [0.5, 0.6) is 11.5 Å². The number of thiocarbonyl (C=S) groups is 1. The van der Waals surface area contributed by atoms with Gasteiger partial charge < -0.3 is 14.8 Å². The Morgan fingerprint density at radius 2 is 1.63 bits per heavy atom. The number of rotatable bonds is 11. The van der Waals surface area contributed by atoms with E-state index in [2.05, 4.69) is 17.6 Å². The van der Waals surface area contributed by atoms with E-state index in [1.54, 1.807) is 13.2 Å². The largest absolute Gasteiger partial charge is 0.497 e. The Morgan fingerprint density at radius 3 is 2.30 bits per heavy atom. The van der Waals surface area contributed by atoms with E-state index in [-0.39, 0.29) is 11.0 Å². The van der Waals surface area contributed by atoms with Gasteiger partial charge in [-0.3, -0.25) is 10.1 Å². The molecular formula is C24H30N2O3S. The maximum atomic E-state index is 12.0. The van der Waals surface area contributed by atoms with Gasteiger partial charge in [-0.25, -0.2) is 0 Å². The molecule has 0 bridgehead atoms. The monoisotopic (exact) mass is 426 g/mol. The average Bonchev–Trinajstić information content (AvgIpc) is 2.76. The summed E-state index contributed by atoms with van der Waals surface area (Å²) in [5.74, 6) is 1.30. The predicted octanol–water partition coefficient (Wildman–Crippen LogP) is 5.57. The van der Waals surface area contributed by atoms with E-state index >= 15 is 0 Å². The Hall–Kier alpha value is -2.86. The number of carbonyl (C=O) groups excluding carboxylic acids is 1. The summed E-state index contributed by atoms with van der Waals surface area (Å²) in [7, 11) is 1.61. The van der Waals surface area contributed by atoms with E-state index in [0.29, 0.717) is 0 Å². The van der Waals surface area contributed by atoms with Gasteiger partial charge in [-0.15, -0.1) is 0 Å². The molecule has 0 saturated carbocycles. The fourth-order valence-electron chi connectivity index (χ4n) is 2.73. The van der Waals surface area contributed by atoms with Crippen LogP contribution in [-0.2, 0) is 4.79 Å². The lowest BCUT2D eigenvalue weighted by Crippen LogP contribution is -2.32. The molecule has 0 saturated heterocycles. The van der Waals surface area contributed by atoms with Gasteiger partial charge in [0.1, 0.15) is 11.5 Å². The van der Waals surface area contributed by atoms with Crippen LogP contribution in [0.2, 0.25) is 0 Å². The first-order valence-corrected chi connectivity index (χ1v) is 10.7. The second-order valence-electron chi connectivity index (χ2n) is 6.84. The van der Waals surface area contributed by atoms with E-state index in [1.165, 1.54) is 31.8 Å². The molecule has 2 rings (SSSR count). The smallest absolute Gasteiger partial charge is 0.250 e. The molecule has 0 fully saturated rings. The Balaban J connectivity index is 1.71. The van der Waals surface area contributed by atoms with Crippen LogP contribution in [0, 0.1) is 0 Å². The van der Waals surface area contributed by atoms with Crippen molar-refractivity contribution in [3.63, 3.8) is 0 Å². The van der Waals surface area contributed by atoms with Crippen LogP contribution in [-0.4, -0.2) is 24.7 Å². The number of amides is 1. The van der Waals surface area contributed by atoms with Gasteiger partial charge in [-0.05, 0) is 66.7 Å². The molecule has 0 aliphatic carbocycles. The summed E-state index contributed by atoms with van der Waals surface area (Å²) >= 11 is 5.20. The minimum Gasteiger partial charge on any atom is -0.497 e. The van der Waals surface area contributed by atoms with Crippen molar-refractivity contribution in [2.45, 2.75) is 39.0 Å². The van der Waals surface area contributed by atoms with Crippen molar-refractivity contribution in [3.8, 4) is 11.5 Å². The van der Waals surface area contributed by atoms with E-state index in [1.807, 2.05) is 48.5 Å². The third-order valence-electron chi connectivity index (χ3n) is 4.41. The summed E-state index contributed by atoms with van der Waals surface area (Å²) in [6.07, 6.45) is 9.22. The molecule has 0 unspecified atom stereocenters. The molecule has 2 aromatic carbocycles. The zero-order valence-corrected chi connectivity index (χ0v) is 18.5. The highest BCUT2D eigenvalue weighted by Crippen LogP contribution is 2.16. The van der Waals surface area contributed by atoms with Crippen LogP contribution in [0.3, 0.4) is 0 Å². The van der Waals surface area contributed by atoms with Gasteiger partial charge in [0, 0.05) is 11.8 Å². The van der Waals surface area contributed by atoms with Gasteiger partial charge in [0.2, 0.25) is 5.91 Å². The lowest BCUT2D eigenvalue weighted by molar-refractivity contribution is -0.115. The van der Waals surface area contributed by atoms with Gasteiger partial charge >= 0.3 is 0 Å². The van der Waals surface area contributed by atoms with Crippen LogP contribution < -0.4 is 20.1 Å². The lowest BCUT2D eigenvalue weighted by atomic mass is 10.2. The Morgan fingerprint density at radius 1 is 0.967 bits per heavy atom. The number of anilines is 1. The fraction of sp³-hybridized carbons (Fsp3) is 0.333. The summed E-state index contributed by atoms with van der Waals surface area (Å²) in [5.41, 5.74) is 1.68. The van der Waals surface area contributed by atoms with Crippen LogP contribution in [0.25, 0.3) is 6.08 Å². The molecule has 0 aliphatic heterocycles. The molecule has 1 amide bonds. The molecule has 0 aromatic heterocycles. The average molecular weight is 427 g/mol. The SMILES string of the molecule is CCCCCCCOc1ccc(NC(=S)NC(=O)C=Cc2ccc(OC)cc2)cc1. The van der Waals surface area contributed by atoms with Crippen molar-refractivity contribution in [1.29, 1.82) is 0 Å². The molecule has 2 N–H and O–H groups in total. The van der Waals surface area contributed by atoms with Crippen LogP contribution in [0.4, 0.5) is 5.69 Å². The Bertz CT molecular complexity index is 817. The summed E-state index contributed by atoms with van der Waals surface area (Å²) in [5, 5.41) is 5.87. The van der Waals surface area contributed by atoms with Crippen molar-refractivity contribution < 1.29 is 14.3 Å². The molecule has 0 heterocycles. The number of nitrogens with one attached hydrogen (secondary N) is 2. The second kappa shape index (κ2) is 13.4. The number of hydrogen-bond acceptors (Lipinski definition) is 4. The van der Waals surface area contributed by atoms with E-state index in [9.17, 15) is 4.79 Å². The van der Waals surface area contributed by atoms with Crippen molar-refractivity contribution >= 4 is 35.0 Å². The number of carbonyl (C=O) groups is 1. The van der Waals surface area contributed by atoms with E-state index in [0.717, 1.165) is 35.8 Å². The first-order valence-electron chi connectivity index (χ1n) is 10.3. The maximum Gasteiger partial charge on any atom is 0.250 e. The van der Waals surface area contributed by atoms with Crippen molar-refractivity contribution in [2.24, 2.45) is 0 Å². The number of methoxy groups -OCH3 is 1. The first kappa shape index (κ1) is 23.4. The highest BCUT2D eigenvalue weighted by molar-refractivity contribution is 7.80. The van der Waals surface area contributed by atoms with Gasteiger partial charge in [0.15, 0.2) is 5.11 Å². The Labute approximate surface area is 184 Å². The number of ether oxygens (including phenoxy) is 2. The maximum absolute atomic E-state index is 12.0. The Kier molecular flexibility index (Phi) is 10.4. The molecule has 160 valence electrons. The topological polar surface area (TPSA) is 59.6 Å². The van der Waals surface area contributed by atoms with Gasteiger partial charge in [0.25, 0.3) is 0 Å². The summed E-state index contributed by atoms with van der Waals surface area (Å²) in [4.78, 5) is 12.0.